The third-order valence-electron chi connectivity index (χ3n) is 1.75. The molecule has 0 bridgehead atoms. The highest BCUT2D eigenvalue weighted by atomic mass is 32.2. The van der Waals surface area contributed by atoms with Crippen molar-refractivity contribution in [1.29, 1.82) is 5.26 Å². The molecule has 0 fully saturated rings. The maximum Gasteiger partial charge on any atom is 0.267 e. The monoisotopic (exact) mass is 248 g/mol. The summed E-state index contributed by atoms with van der Waals surface area (Å²) in [6.07, 6.45) is -2.57. The molecule has 0 radical (unpaired) electrons. The molecule has 16 heavy (non-hydrogen) atoms. The minimum Gasteiger partial charge on any atom is -0.396 e. The smallest absolute Gasteiger partial charge is 0.267 e. The molecule has 9 heteroatoms. The van der Waals surface area contributed by atoms with Crippen LogP contribution in [0.2, 0.25) is 0 Å². The van der Waals surface area contributed by atoms with E-state index in [1.165, 1.54) is 6.07 Å². The van der Waals surface area contributed by atoms with Crippen LogP contribution in [0.3, 0.4) is 0 Å². The summed E-state index contributed by atoms with van der Waals surface area (Å²) in [5.74, 6) is 0. The van der Waals surface area contributed by atoms with Crippen LogP contribution in [0, 0.1) is 11.3 Å². The summed E-state index contributed by atoms with van der Waals surface area (Å²) >= 11 is 0. The van der Waals surface area contributed by atoms with Gasteiger partial charge in [0.2, 0.25) is 10.0 Å². The van der Waals surface area contributed by atoms with E-state index in [1.54, 1.807) is 0 Å². The zero-order chi connectivity index (χ0) is 12.5. The van der Waals surface area contributed by atoms with Crippen molar-refractivity contribution < 1.29 is 17.2 Å². The first-order valence-electron chi connectivity index (χ1n) is 3.78. The molecule has 0 aliphatic rings. The predicted molar refractivity (Wildman–Crippen MR) is 49.7 cm³/mol. The number of alkyl halides is 2. The number of anilines is 1. The number of primary sulfonamides is 1. The SMILES string of the molecule is N#Cc1ncc(S(N)(=O)=O)c(C(F)F)c1N. The van der Waals surface area contributed by atoms with Gasteiger partial charge in [-0.15, -0.1) is 0 Å². The Labute approximate surface area is 89.5 Å². The van der Waals surface area contributed by atoms with Gasteiger partial charge in [-0.2, -0.15) is 5.26 Å². The topological polar surface area (TPSA) is 123 Å². The van der Waals surface area contributed by atoms with Crippen LogP contribution in [0.25, 0.3) is 0 Å². The van der Waals surface area contributed by atoms with Crippen molar-refractivity contribution in [1.82, 2.24) is 4.98 Å². The second kappa shape index (κ2) is 3.99. The molecule has 0 aliphatic heterocycles. The summed E-state index contributed by atoms with van der Waals surface area (Å²) in [4.78, 5) is 2.45. The number of hydrogen-bond acceptors (Lipinski definition) is 5. The van der Waals surface area contributed by atoms with Crippen molar-refractivity contribution in [3.63, 3.8) is 0 Å². The average molecular weight is 248 g/mol. The van der Waals surface area contributed by atoms with Crippen molar-refractivity contribution in [3.8, 4) is 6.07 Å². The number of nitriles is 1. The van der Waals surface area contributed by atoms with Crippen LogP contribution in [-0.4, -0.2) is 13.4 Å². The lowest BCUT2D eigenvalue weighted by atomic mass is 10.2. The normalized spacial score (nSPS) is 11.4. The first-order valence-corrected chi connectivity index (χ1v) is 5.33. The van der Waals surface area contributed by atoms with Gasteiger partial charge in [-0.3, -0.25) is 0 Å². The van der Waals surface area contributed by atoms with Crippen molar-refractivity contribution in [3.05, 3.63) is 17.5 Å². The number of hydrogen-bond donors (Lipinski definition) is 2. The highest BCUT2D eigenvalue weighted by Gasteiger charge is 2.25. The van der Waals surface area contributed by atoms with E-state index in [4.69, 9.17) is 16.1 Å². The molecule has 1 rings (SSSR count). The van der Waals surface area contributed by atoms with E-state index in [2.05, 4.69) is 4.98 Å². The number of pyridine rings is 1. The highest BCUT2D eigenvalue weighted by Crippen LogP contribution is 2.31. The fourth-order valence-corrected chi connectivity index (χ4v) is 1.77. The molecule has 86 valence electrons. The maximum absolute atomic E-state index is 12.6. The van der Waals surface area contributed by atoms with Gasteiger partial charge in [0.15, 0.2) is 5.69 Å². The summed E-state index contributed by atoms with van der Waals surface area (Å²) in [7, 11) is -4.36. The number of nitrogens with two attached hydrogens (primary N) is 2. The largest absolute Gasteiger partial charge is 0.396 e. The Morgan fingerprint density at radius 1 is 1.50 bits per heavy atom. The zero-order valence-electron chi connectivity index (χ0n) is 7.68. The van der Waals surface area contributed by atoms with E-state index in [0.717, 1.165) is 0 Å². The van der Waals surface area contributed by atoms with Crippen LogP contribution in [0.5, 0.6) is 0 Å². The Balaban J connectivity index is 3.69. The van der Waals surface area contributed by atoms with Gasteiger partial charge >= 0.3 is 0 Å². The lowest BCUT2D eigenvalue weighted by molar-refractivity contribution is 0.148. The minimum absolute atomic E-state index is 0.470. The van der Waals surface area contributed by atoms with Gasteiger partial charge in [-0.1, -0.05) is 0 Å². The van der Waals surface area contributed by atoms with E-state index < -0.39 is 38.3 Å². The van der Waals surface area contributed by atoms with Crippen LogP contribution < -0.4 is 10.9 Å². The molecule has 0 atom stereocenters. The Kier molecular flexibility index (Phi) is 3.06. The molecule has 4 N–H and O–H groups in total. The molecule has 0 spiro atoms. The second-order valence-electron chi connectivity index (χ2n) is 2.76. The number of sulfonamides is 1. The molecule has 0 saturated carbocycles. The van der Waals surface area contributed by atoms with E-state index in [-0.39, 0.29) is 0 Å². The molecule has 1 aromatic heterocycles. The number of nitrogens with zero attached hydrogens (tertiary/aromatic N) is 2. The van der Waals surface area contributed by atoms with Gasteiger partial charge in [-0.05, 0) is 0 Å². The highest BCUT2D eigenvalue weighted by molar-refractivity contribution is 7.89. The molecule has 0 aromatic carbocycles. The molecule has 0 saturated heterocycles. The summed E-state index contributed by atoms with van der Waals surface area (Å²) in [5.41, 5.74) is 3.07. The van der Waals surface area contributed by atoms with Crippen molar-refractivity contribution in [2.75, 3.05) is 5.73 Å². The van der Waals surface area contributed by atoms with E-state index in [0.29, 0.717) is 6.20 Å². The fourth-order valence-electron chi connectivity index (χ4n) is 1.06. The average Bonchev–Trinajstić information content (AvgIpc) is 2.15. The third-order valence-corrected chi connectivity index (χ3v) is 2.69. The van der Waals surface area contributed by atoms with E-state index >= 15 is 0 Å². The molecule has 1 heterocycles. The van der Waals surface area contributed by atoms with Gasteiger partial charge in [0.25, 0.3) is 6.43 Å². The molecule has 0 aliphatic carbocycles. The number of aromatic nitrogens is 1. The molecule has 1 aromatic rings. The van der Waals surface area contributed by atoms with Crippen LogP contribution >= 0.6 is 0 Å². The Bertz CT molecular complexity index is 564. The van der Waals surface area contributed by atoms with E-state index in [9.17, 15) is 17.2 Å². The quantitative estimate of drug-likeness (QED) is 0.769. The summed E-state index contributed by atoms with van der Waals surface area (Å²) in [6, 6.07) is 1.46. The van der Waals surface area contributed by atoms with Gasteiger partial charge in [-0.25, -0.2) is 27.3 Å². The Hall–Kier alpha value is -1.79. The van der Waals surface area contributed by atoms with E-state index in [1.807, 2.05) is 0 Å². The number of rotatable bonds is 2. The first kappa shape index (κ1) is 12.3. The Morgan fingerprint density at radius 3 is 2.44 bits per heavy atom. The lowest BCUT2D eigenvalue weighted by Gasteiger charge is -2.09. The van der Waals surface area contributed by atoms with Gasteiger partial charge in [0.05, 0.1) is 11.3 Å². The standard InChI is InChI=1S/C7H6F2N4O2S/c8-7(9)5-4(16(12,14)15)2-13-3(1-10)6(5)11/h2,7H,11H2,(H2,12,14,15). The first-order chi connectivity index (χ1) is 7.29. The fraction of sp³-hybridized carbons (Fsp3) is 0.143. The van der Waals surface area contributed by atoms with Crippen LogP contribution in [0.1, 0.15) is 17.7 Å². The number of halogens is 2. The van der Waals surface area contributed by atoms with Gasteiger partial charge < -0.3 is 5.73 Å². The number of nitrogen functional groups attached to an aromatic ring is 1. The summed E-state index contributed by atoms with van der Waals surface area (Å²) in [6.45, 7) is 0. The van der Waals surface area contributed by atoms with Gasteiger partial charge in [0, 0.05) is 6.20 Å². The molecular formula is C7H6F2N4O2S. The van der Waals surface area contributed by atoms with Crippen molar-refractivity contribution >= 4 is 15.7 Å². The van der Waals surface area contributed by atoms with Crippen LogP contribution in [0.4, 0.5) is 14.5 Å². The minimum atomic E-state index is -4.36. The lowest BCUT2D eigenvalue weighted by Crippen LogP contribution is -2.17. The zero-order valence-corrected chi connectivity index (χ0v) is 8.50. The summed E-state index contributed by atoms with van der Waals surface area (Å²) < 4.78 is 47.1. The van der Waals surface area contributed by atoms with Crippen LogP contribution in [0.15, 0.2) is 11.1 Å². The third kappa shape index (κ3) is 2.07. The Morgan fingerprint density at radius 2 is 2.06 bits per heavy atom. The van der Waals surface area contributed by atoms with Crippen molar-refractivity contribution in [2.45, 2.75) is 11.3 Å². The molecule has 6 nitrogen and oxygen atoms in total. The predicted octanol–water partition coefficient (Wildman–Crippen LogP) is 0.120. The molecule has 0 amide bonds. The van der Waals surface area contributed by atoms with Crippen LogP contribution in [-0.2, 0) is 10.0 Å². The summed E-state index contributed by atoms with van der Waals surface area (Å²) in [5, 5.41) is 13.2. The second-order valence-corrected chi connectivity index (χ2v) is 4.29. The van der Waals surface area contributed by atoms with Gasteiger partial charge in [0.1, 0.15) is 11.0 Å². The van der Waals surface area contributed by atoms with Crippen molar-refractivity contribution in [2.24, 2.45) is 5.14 Å². The molecular weight excluding hydrogens is 242 g/mol. The maximum atomic E-state index is 12.6. The molecule has 0 unspecified atom stereocenters.